The molecule has 2 aliphatic heterocycles. The lowest BCUT2D eigenvalue weighted by atomic mass is 10.1. The third-order valence-corrected chi connectivity index (χ3v) is 4.67. The van der Waals surface area contributed by atoms with E-state index < -0.39 is 0 Å². The van der Waals surface area contributed by atoms with Crippen LogP contribution in [-0.4, -0.2) is 54.7 Å². The van der Waals surface area contributed by atoms with Gasteiger partial charge in [0.2, 0.25) is 11.8 Å². The number of hydrogen-bond donors (Lipinski definition) is 1. The molecule has 1 aromatic carbocycles. The van der Waals surface area contributed by atoms with E-state index in [1.54, 1.807) is 4.90 Å². The molecule has 2 fully saturated rings. The first-order valence-electron chi connectivity index (χ1n) is 7.71. The second-order valence-electron chi connectivity index (χ2n) is 5.80. The molecular weight excluding hydrogens is 316 g/mol. The Morgan fingerprint density at radius 2 is 2.04 bits per heavy atom. The van der Waals surface area contributed by atoms with Crippen LogP contribution >= 0.6 is 11.6 Å². The number of aromatic nitrogens is 1. The molecule has 2 aliphatic rings. The summed E-state index contributed by atoms with van der Waals surface area (Å²) in [5.41, 5.74) is 1.61. The fourth-order valence-corrected chi connectivity index (χ4v) is 3.27. The quantitative estimate of drug-likeness (QED) is 0.905. The number of fused-ring (bicyclic) bond motifs is 1. The average Bonchev–Trinajstić information content (AvgIpc) is 3.06. The monoisotopic (exact) mass is 332 g/mol. The summed E-state index contributed by atoms with van der Waals surface area (Å²) in [7, 11) is 0. The van der Waals surface area contributed by atoms with Gasteiger partial charge in [0.05, 0.1) is 0 Å². The highest BCUT2D eigenvalue weighted by atomic mass is 35.5. The van der Waals surface area contributed by atoms with Gasteiger partial charge in [-0.3, -0.25) is 14.6 Å². The van der Waals surface area contributed by atoms with Crippen LogP contribution in [0.25, 0.3) is 11.3 Å². The standard InChI is InChI=1S/C16H17ClN4O2/c17-12-3-1-11(2-4-12)13-9-15(23-19-13)21-8-7-20-6-5-18-10-14(20)16(21)22/h1-4,9,14,18H,5-8,10H2/t14-/m1/s1. The van der Waals surface area contributed by atoms with Gasteiger partial charge in [-0.25, -0.2) is 0 Å². The molecule has 2 aromatic rings. The molecular formula is C16H17ClN4O2. The van der Waals surface area contributed by atoms with Gasteiger partial charge in [0.25, 0.3) is 0 Å². The van der Waals surface area contributed by atoms with Crippen molar-refractivity contribution in [2.75, 3.05) is 37.6 Å². The molecule has 0 saturated carbocycles. The molecule has 0 unspecified atom stereocenters. The molecule has 1 amide bonds. The SMILES string of the molecule is O=C1[C@H]2CNCCN2CCN1c1cc(-c2ccc(Cl)cc2)no1. The number of benzene rings is 1. The Balaban J connectivity index is 1.56. The maximum atomic E-state index is 12.7. The summed E-state index contributed by atoms with van der Waals surface area (Å²) in [4.78, 5) is 16.6. The van der Waals surface area contributed by atoms with Crippen molar-refractivity contribution in [1.82, 2.24) is 15.4 Å². The molecule has 1 N–H and O–H groups in total. The van der Waals surface area contributed by atoms with Gasteiger partial charge in [0.1, 0.15) is 11.7 Å². The van der Waals surface area contributed by atoms with Gasteiger partial charge in [-0.2, -0.15) is 0 Å². The van der Waals surface area contributed by atoms with Gasteiger partial charge >= 0.3 is 0 Å². The van der Waals surface area contributed by atoms with E-state index in [4.69, 9.17) is 16.1 Å². The van der Waals surface area contributed by atoms with E-state index in [2.05, 4.69) is 15.4 Å². The highest BCUT2D eigenvalue weighted by molar-refractivity contribution is 6.30. The minimum absolute atomic E-state index is 0.0715. The number of carbonyl (C=O) groups is 1. The van der Waals surface area contributed by atoms with Gasteiger partial charge in [0, 0.05) is 49.4 Å². The van der Waals surface area contributed by atoms with Crippen molar-refractivity contribution in [3.63, 3.8) is 0 Å². The summed E-state index contributed by atoms with van der Waals surface area (Å²) in [5.74, 6) is 0.576. The van der Waals surface area contributed by atoms with Gasteiger partial charge in [0.15, 0.2) is 0 Å². The van der Waals surface area contributed by atoms with Crippen molar-refractivity contribution < 1.29 is 9.32 Å². The largest absolute Gasteiger partial charge is 0.338 e. The van der Waals surface area contributed by atoms with Crippen LogP contribution in [0.15, 0.2) is 34.9 Å². The van der Waals surface area contributed by atoms with Crippen LogP contribution in [0.4, 0.5) is 5.88 Å². The fourth-order valence-electron chi connectivity index (χ4n) is 3.14. The minimum atomic E-state index is -0.110. The van der Waals surface area contributed by atoms with Crippen LogP contribution < -0.4 is 10.2 Å². The fraction of sp³-hybridized carbons (Fsp3) is 0.375. The number of anilines is 1. The summed E-state index contributed by atoms with van der Waals surface area (Å²) < 4.78 is 5.42. The number of piperazine rings is 2. The third kappa shape index (κ3) is 2.73. The number of rotatable bonds is 2. The van der Waals surface area contributed by atoms with Gasteiger partial charge in [-0.05, 0) is 12.1 Å². The molecule has 2 saturated heterocycles. The average molecular weight is 333 g/mol. The van der Waals surface area contributed by atoms with Crippen LogP contribution in [0, 0.1) is 0 Å². The van der Waals surface area contributed by atoms with Crippen molar-refractivity contribution in [3.05, 3.63) is 35.4 Å². The predicted molar refractivity (Wildman–Crippen MR) is 87.5 cm³/mol. The van der Waals surface area contributed by atoms with Gasteiger partial charge in [-0.1, -0.05) is 28.9 Å². The lowest BCUT2D eigenvalue weighted by Gasteiger charge is -2.42. The Labute approximate surface area is 139 Å². The molecule has 1 aromatic heterocycles. The van der Waals surface area contributed by atoms with Gasteiger partial charge < -0.3 is 9.84 Å². The van der Waals surface area contributed by atoms with Crippen molar-refractivity contribution >= 4 is 23.4 Å². The highest BCUT2D eigenvalue weighted by Gasteiger charge is 2.38. The highest BCUT2D eigenvalue weighted by Crippen LogP contribution is 2.27. The first kappa shape index (κ1) is 14.7. The van der Waals surface area contributed by atoms with Crippen LogP contribution in [-0.2, 0) is 4.79 Å². The normalized spacial score (nSPS) is 22.2. The van der Waals surface area contributed by atoms with E-state index in [0.717, 1.165) is 25.2 Å². The molecule has 4 rings (SSSR count). The zero-order valence-corrected chi connectivity index (χ0v) is 13.3. The lowest BCUT2D eigenvalue weighted by Crippen LogP contribution is -2.64. The number of hydrogen-bond acceptors (Lipinski definition) is 5. The molecule has 23 heavy (non-hydrogen) atoms. The minimum Gasteiger partial charge on any atom is -0.338 e. The van der Waals surface area contributed by atoms with E-state index in [-0.39, 0.29) is 11.9 Å². The summed E-state index contributed by atoms with van der Waals surface area (Å²) in [6.45, 7) is 4.02. The molecule has 0 spiro atoms. The Kier molecular flexibility index (Phi) is 3.80. The maximum Gasteiger partial charge on any atom is 0.248 e. The van der Waals surface area contributed by atoms with E-state index >= 15 is 0 Å². The van der Waals surface area contributed by atoms with Gasteiger partial charge in [-0.15, -0.1) is 0 Å². The molecule has 3 heterocycles. The molecule has 120 valence electrons. The smallest absolute Gasteiger partial charge is 0.248 e. The van der Waals surface area contributed by atoms with Crippen molar-refractivity contribution in [2.24, 2.45) is 0 Å². The Bertz CT molecular complexity index is 715. The molecule has 0 radical (unpaired) electrons. The Morgan fingerprint density at radius 1 is 1.22 bits per heavy atom. The zero-order chi connectivity index (χ0) is 15.8. The second-order valence-corrected chi connectivity index (χ2v) is 6.24. The van der Waals surface area contributed by atoms with Crippen LogP contribution in [0.2, 0.25) is 5.02 Å². The van der Waals surface area contributed by atoms with Crippen LogP contribution in [0.5, 0.6) is 0 Å². The summed E-state index contributed by atoms with van der Waals surface area (Å²) >= 11 is 5.90. The van der Waals surface area contributed by atoms with Crippen LogP contribution in [0.1, 0.15) is 0 Å². The molecule has 0 bridgehead atoms. The van der Waals surface area contributed by atoms with Crippen molar-refractivity contribution in [2.45, 2.75) is 6.04 Å². The molecule has 0 aliphatic carbocycles. The summed E-state index contributed by atoms with van der Waals surface area (Å²) in [5, 5.41) is 8.04. The van der Waals surface area contributed by atoms with Crippen molar-refractivity contribution in [1.29, 1.82) is 0 Å². The number of halogens is 1. The molecule has 7 heteroatoms. The summed E-state index contributed by atoms with van der Waals surface area (Å²) in [6.07, 6.45) is 0. The number of nitrogens with one attached hydrogen (secondary N) is 1. The second kappa shape index (κ2) is 5.96. The van der Waals surface area contributed by atoms with E-state index in [1.165, 1.54) is 0 Å². The first-order valence-corrected chi connectivity index (χ1v) is 8.09. The topological polar surface area (TPSA) is 61.6 Å². The number of carbonyl (C=O) groups excluding carboxylic acids is 1. The maximum absolute atomic E-state index is 12.7. The first-order chi connectivity index (χ1) is 11.2. The molecule has 1 atom stereocenters. The number of nitrogens with zero attached hydrogens (tertiary/aromatic N) is 3. The van der Waals surface area contributed by atoms with E-state index in [1.807, 2.05) is 30.3 Å². The molecule has 6 nitrogen and oxygen atoms in total. The zero-order valence-electron chi connectivity index (χ0n) is 12.5. The lowest BCUT2D eigenvalue weighted by molar-refractivity contribution is -0.126. The Hall–Kier alpha value is -1.89. The third-order valence-electron chi connectivity index (χ3n) is 4.42. The van der Waals surface area contributed by atoms with E-state index in [9.17, 15) is 4.79 Å². The van der Waals surface area contributed by atoms with Crippen molar-refractivity contribution in [3.8, 4) is 11.3 Å². The Morgan fingerprint density at radius 3 is 2.87 bits per heavy atom. The number of amides is 1. The van der Waals surface area contributed by atoms with E-state index in [0.29, 0.717) is 29.7 Å². The van der Waals surface area contributed by atoms with Crippen LogP contribution in [0.3, 0.4) is 0 Å². The predicted octanol–water partition coefficient (Wildman–Crippen LogP) is 1.62. The summed E-state index contributed by atoms with van der Waals surface area (Å²) in [6, 6.07) is 9.09.